The zero-order valence-corrected chi connectivity index (χ0v) is 5.04. The van der Waals surface area contributed by atoms with Crippen molar-refractivity contribution in [3.8, 4) is 0 Å². The van der Waals surface area contributed by atoms with Gasteiger partial charge in [-0.15, -0.1) is 0 Å². The highest BCUT2D eigenvalue weighted by atomic mass is 15.1. The predicted molar refractivity (Wildman–Crippen MR) is 32.6 cm³/mol. The lowest BCUT2D eigenvalue weighted by Crippen LogP contribution is -1.99. The van der Waals surface area contributed by atoms with E-state index >= 15 is 0 Å². The van der Waals surface area contributed by atoms with Crippen LogP contribution in [0.25, 0.3) is 0 Å². The molecule has 0 N–H and O–H groups in total. The minimum atomic E-state index is 0.646. The van der Waals surface area contributed by atoms with Crippen molar-refractivity contribution in [2.24, 2.45) is 16.1 Å². The fraction of sp³-hybridized carbons (Fsp3) is 0.667. The van der Waals surface area contributed by atoms with Crippen LogP contribution >= 0.6 is 0 Å². The molecular weight excluding hydrogens is 100 g/mol. The first-order valence-corrected chi connectivity index (χ1v) is 2.96. The Morgan fingerprint density at radius 2 is 2.62 bits per heavy atom. The second kappa shape index (κ2) is 2.60. The lowest BCUT2D eigenvalue weighted by Gasteiger charge is -2.05. The van der Waals surface area contributed by atoms with E-state index in [1.54, 1.807) is 6.20 Å². The van der Waals surface area contributed by atoms with Gasteiger partial charge in [0.1, 0.15) is 0 Å². The maximum absolute atomic E-state index is 3.87. The average Bonchev–Trinajstić information content (AvgIpc) is 1.90. The second-order valence-corrected chi connectivity index (χ2v) is 1.95. The zero-order chi connectivity index (χ0) is 5.82. The molecule has 2 heteroatoms. The van der Waals surface area contributed by atoms with Gasteiger partial charge in [-0.3, -0.25) is 0 Å². The smallest absolute Gasteiger partial charge is 0.0666 e. The molecule has 1 atom stereocenters. The van der Waals surface area contributed by atoms with Crippen LogP contribution in [0.4, 0.5) is 0 Å². The van der Waals surface area contributed by atoms with E-state index in [1.807, 2.05) is 0 Å². The van der Waals surface area contributed by atoms with E-state index in [0.717, 1.165) is 6.54 Å². The largest absolute Gasteiger partial charge is 0.189 e. The molecule has 0 amide bonds. The fourth-order valence-corrected chi connectivity index (χ4v) is 0.685. The van der Waals surface area contributed by atoms with Gasteiger partial charge < -0.3 is 0 Å². The van der Waals surface area contributed by atoms with Crippen molar-refractivity contribution in [3.63, 3.8) is 0 Å². The van der Waals surface area contributed by atoms with E-state index < -0.39 is 0 Å². The summed E-state index contributed by atoms with van der Waals surface area (Å²) in [5.41, 5.74) is 0. The van der Waals surface area contributed by atoms with Crippen LogP contribution in [0.2, 0.25) is 0 Å². The van der Waals surface area contributed by atoms with Gasteiger partial charge in [0.05, 0.1) is 6.54 Å². The molecule has 0 fully saturated rings. The van der Waals surface area contributed by atoms with Crippen LogP contribution in [0.3, 0.4) is 0 Å². The Labute approximate surface area is 49.3 Å². The van der Waals surface area contributed by atoms with Crippen molar-refractivity contribution < 1.29 is 0 Å². The van der Waals surface area contributed by atoms with Crippen LogP contribution < -0.4 is 0 Å². The summed E-state index contributed by atoms with van der Waals surface area (Å²) in [5.74, 6) is 0.646. The molecule has 0 saturated carbocycles. The molecule has 1 aliphatic heterocycles. The number of azo groups is 1. The van der Waals surface area contributed by atoms with Gasteiger partial charge in [-0.05, 0) is 12.3 Å². The number of hydrogen-bond acceptors (Lipinski definition) is 2. The first-order chi connectivity index (χ1) is 3.93. The Balaban J connectivity index is 2.40. The average molecular weight is 110 g/mol. The highest BCUT2D eigenvalue weighted by Crippen LogP contribution is 2.08. The van der Waals surface area contributed by atoms with E-state index in [9.17, 15) is 0 Å². The van der Waals surface area contributed by atoms with Gasteiger partial charge in [-0.1, -0.05) is 13.0 Å². The Morgan fingerprint density at radius 1 is 1.75 bits per heavy atom. The van der Waals surface area contributed by atoms with E-state index in [-0.39, 0.29) is 0 Å². The predicted octanol–water partition coefficient (Wildman–Crippen LogP) is 1.99. The summed E-state index contributed by atoms with van der Waals surface area (Å²) in [5, 5.41) is 7.59. The number of hydrogen-bond donors (Lipinski definition) is 0. The molecule has 0 aromatic rings. The molecule has 0 bridgehead atoms. The second-order valence-electron chi connectivity index (χ2n) is 1.95. The first kappa shape index (κ1) is 5.48. The summed E-state index contributed by atoms with van der Waals surface area (Å²) >= 11 is 0. The van der Waals surface area contributed by atoms with Gasteiger partial charge in [0.25, 0.3) is 0 Å². The van der Waals surface area contributed by atoms with Crippen molar-refractivity contribution >= 4 is 0 Å². The molecular formula is C6H10N2. The molecule has 8 heavy (non-hydrogen) atoms. The van der Waals surface area contributed by atoms with Crippen LogP contribution in [-0.4, -0.2) is 6.54 Å². The van der Waals surface area contributed by atoms with Gasteiger partial charge in [-0.25, -0.2) is 0 Å². The van der Waals surface area contributed by atoms with E-state index in [0.29, 0.717) is 5.92 Å². The van der Waals surface area contributed by atoms with Gasteiger partial charge in [0, 0.05) is 6.20 Å². The van der Waals surface area contributed by atoms with E-state index in [1.165, 1.54) is 6.42 Å². The van der Waals surface area contributed by atoms with Gasteiger partial charge >= 0.3 is 0 Å². The highest BCUT2D eigenvalue weighted by Gasteiger charge is 2.01. The molecule has 1 heterocycles. The van der Waals surface area contributed by atoms with Crippen LogP contribution in [0.15, 0.2) is 22.5 Å². The third-order valence-electron chi connectivity index (χ3n) is 1.35. The minimum absolute atomic E-state index is 0.646. The number of rotatable bonds is 1. The highest BCUT2D eigenvalue weighted by molar-refractivity contribution is 4.89. The third kappa shape index (κ3) is 1.15. The molecule has 0 spiro atoms. The molecule has 0 aliphatic carbocycles. The summed E-state index contributed by atoms with van der Waals surface area (Å²) < 4.78 is 0. The van der Waals surface area contributed by atoms with Crippen molar-refractivity contribution in [1.29, 1.82) is 0 Å². The van der Waals surface area contributed by atoms with Gasteiger partial charge in [0.15, 0.2) is 0 Å². The molecule has 0 aromatic carbocycles. The van der Waals surface area contributed by atoms with Crippen LogP contribution in [0.5, 0.6) is 0 Å². The molecule has 2 nitrogen and oxygen atoms in total. The zero-order valence-electron chi connectivity index (χ0n) is 5.04. The Hall–Kier alpha value is -0.660. The fourth-order valence-electron chi connectivity index (χ4n) is 0.685. The quantitative estimate of drug-likeness (QED) is 0.493. The summed E-state index contributed by atoms with van der Waals surface area (Å²) in [6, 6.07) is 0. The van der Waals surface area contributed by atoms with E-state index in [4.69, 9.17) is 0 Å². The lowest BCUT2D eigenvalue weighted by atomic mass is 10.1. The number of nitrogens with zero attached hydrogens (tertiary/aromatic N) is 2. The van der Waals surface area contributed by atoms with Crippen LogP contribution in [-0.2, 0) is 0 Å². The Kier molecular flexibility index (Phi) is 1.78. The normalized spacial score (nSPS) is 26.4. The van der Waals surface area contributed by atoms with E-state index in [2.05, 4.69) is 23.2 Å². The van der Waals surface area contributed by atoms with Crippen molar-refractivity contribution in [1.82, 2.24) is 0 Å². The maximum Gasteiger partial charge on any atom is 0.0666 e. The summed E-state index contributed by atoms with van der Waals surface area (Å²) in [4.78, 5) is 0. The lowest BCUT2D eigenvalue weighted by molar-refractivity contribution is 0.609. The molecule has 1 unspecified atom stereocenters. The topological polar surface area (TPSA) is 24.7 Å². The summed E-state index contributed by atoms with van der Waals surface area (Å²) in [6.07, 6.45) is 5.06. The first-order valence-electron chi connectivity index (χ1n) is 2.96. The molecule has 0 saturated heterocycles. The van der Waals surface area contributed by atoms with Crippen molar-refractivity contribution in [2.75, 3.05) is 6.54 Å². The molecule has 44 valence electrons. The van der Waals surface area contributed by atoms with Crippen molar-refractivity contribution in [2.45, 2.75) is 13.3 Å². The van der Waals surface area contributed by atoms with Gasteiger partial charge in [0.2, 0.25) is 0 Å². The monoisotopic (exact) mass is 110 g/mol. The molecule has 0 aromatic heterocycles. The molecule has 1 rings (SSSR count). The Morgan fingerprint density at radius 3 is 3.00 bits per heavy atom. The summed E-state index contributed by atoms with van der Waals surface area (Å²) in [6.45, 7) is 3.04. The minimum Gasteiger partial charge on any atom is -0.189 e. The Bertz CT molecular complexity index is 116. The van der Waals surface area contributed by atoms with Crippen LogP contribution in [0.1, 0.15) is 13.3 Å². The standard InChI is InChI=1S/C6H10N2/c1-2-6-3-4-7-8-5-6/h3-4,6H,2,5H2,1H3. The SMILES string of the molecule is CCC1C=CN=NC1. The summed E-state index contributed by atoms with van der Waals surface area (Å²) in [7, 11) is 0. The third-order valence-corrected chi connectivity index (χ3v) is 1.35. The molecule has 0 radical (unpaired) electrons. The van der Waals surface area contributed by atoms with Crippen LogP contribution in [0, 0.1) is 5.92 Å². The van der Waals surface area contributed by atoms with Crippen molar-refractivity contribution in [3.05, 3.63) is 12.3 Å². The molecule has 1 aliphatic rings. The maximum atomic E-state index is 3.87. The van der Waals surface area contributed by atoms with Gasteiger partial charge in [-0.2, -0.15) is 10.2 Å².